The van der Waals surface area contributed by atoms with E-state index in [1.807, 2.05) is 55.5 Å². The monoisotopic (exact) mass is 468 g/mol. The summed E-state index contributed by atoms with van der Waals surface area (Å²) in [5, 5.41) is 20.5. The number of carboxylic acid groups (broad SMARTS) is 1. The molecule has 0 amide bonds. The van der Waals surface area contributed by atoms with E-state index < -0.39 is 5.97 Å². The Hall–Kier alpha value is -3.39. The van der Waals surface area contributed by atoms with Crippen molar-refractivity contribution in [2.24, 2.45) is 31.2 Å². The van der Waals surface area contributed by atoms with Gasteiger partial charge in [-0.2, -0.15) is 5.11 Å². The second-order valence-corrected chi connectivity index (χ2v) is 7.76. The van der Waals surface area contributed by atoms with Crippen LogP contribution in [0.5, 0.6) is 0 Å². The zero-order valence-corrected chi connectivity index (χ0v) is 19.8. The van der Waals surface area contributed by atoms with Gasteiger partial charge in [0.1, 0.15) is 0 Å². The van der Waals surface area contributed by atoms with Crippen molar-refractivity contribution in [2.75, 3.05) is 7.05 Å². The number of carboxylic acids is 1. The van der Waals surface area contributed by atoms with Crippen LogP contribution >= 0.6 is 11.6 Å². The van der Waals surface area contributed by atoms with Gasteiger partial charge in [0.15, 0.2) is 16.7 Å². The van der Waals surface area contributed by atoms with Crippen LogP contribution in [0.4, 0.5) is 0 Å². The number of aliphatic carboxylic acids is 1. The van der Waals surface area contributed by atoms with Gasteiger partial charge in [0.25, 0.3) is 0 Å². The topological polar surface area (TPSA) is 125 Å². The van der Waals surface area contributed by atoms with Crippen molar-refractivity contribution in [3.05, 3.63) is 59.7 Å². The average molecular weight is 469 g/mol. The van der Waals surface area contributed by atoms with Crippen molar-refractivity contribution >= 4 is 34.3 Å². The lowest BCUT2D eigenvalue weighted by Gasteiger charge is -2.09. The van der Waals surface area contributed by atoms with Crippen molar-refractivity contribution < 1.29 is 9.90 Å². The summed E-state index contributed by atoms with van der Waals surface area (Å²) in [6.45, 7) is 4.17. The molecule has 33 heavy (non-hydrogen) atoms. The third-order valence-corrected chi connectivity index (χ3v) is 5.11. The normalized spacial score (nSPS) is 14.0. The number of hydrogen-bond acceptors (Lipinski definition) is 5. The number of rotatable bonds is 11. The molecule has 8 nitrogen and oxygen atoms in total. The maximum absolute atomic E-state index is 11.6. The van der Waals surface area contributed by atoms with Crippen LogP contribution in [0.25, 0.3) is 11.1 Å². The van der Waals surface area contributed by atoms with E-state index in [4.69, 9.17) is 17.3 Å². The van der Waals surface area contributed by atoms with Gasteiger partial charge in [0, 0.05) is 11.6 Å². The Balaban J connectivity index is 2.23. The zero-order chi connectivity index (χ0) is 24.2. The van der Waals surface area contributed by atoms with Gasteiger partial charge in [-0.05, 0) is 35.3 Å². The first kappa shape index (κ1) is 25.9. The number of hydrogen-bond donors (Lipinski definition) is 2. The minimum Gasteiger partial charge on any atom is -0.476 e. The van der Waals surface area contributed by atoms with E-state index in [0.29, 0.717) is 0 Å². The van der Waals surface area contributed by atoms with Gasteiger partial charge in [-0.15, -0.1) is 5.10 Å². The SMILES string of the molecule is CCCCC(C)N=C(Cl)C(=NCc1ccc(-c2ccccc2C(N)=NN=NC)cc1)C(=O)O. The minimum atomic E-state index is -1.20. The summed E-state index contributed by atoms with van der Waals surface area (Å²) >= 11 is 6.17. The number of nitrogens with two attached hydrogens (primary N) is 1. The maximum Gasteiger partial charge on any atom is 0.357 e. The van der Waals surface area contributed by atoms with Gasteiger partial charge >= 0.3 is 5.97 Å². The van der Waals surface area contributed by atoms with Crippen molar-refractivity contribution in [3.8, 4) is 11.1 Å². The molecular weight excluding hydrogens is 440 g/mol. The molecule has 0 aliphatic rings. The van der Waals surface area contributed by atoms with Gasteiger partial charge in [0.05, 0.1) is 13.6 Å². The van der Waals surface area contributed by atoms with E-state index in [2.05, 4.69) is 32.3 Å². The van der Waals surface area contributed by atoms with Crippen molar-refractivity contribution in [1.82, 2.24) is 0 Å². The second kappa shape index (κ2) is 13.2. The van der Waals surface area contributed by atoms with Crippen LogP contribution < -0.4 is 5.73 Å². The van der Waals surface area contributed by atoms with Gasteiger partial charge in [0.2, 0.25) is 0 Å². The first-order valence-corrected chi connectivity index (χ1v) is 11.1. The van der Waals surface area contributed by atoms with Gasteiger partial charge in [-0.25, -0.2) is 4.79 Å². The highest BCUT2D eigenvalue weighted by Gasteiger charge is 2.16. The fourth-order valence-electron chi connectivity index (χ4n) is 3.10. The van der Waals surface area contributed by atoms with Gasteiger partial charge in [-0.1, -0.05) is 79.9 Å². The highest BCUT2D eigenvalue weighted by Crippen LogP contribution is 2.24. The predicted molar refractivity (Wildman–Crippen MR) is 134 cm³/mol. The molecule has 1 atom stereocenters. The molecule has 0 aromatic heterocycles. The third-order valence-electron chi connectivity index (χ3n) is 4.84. The average Bonchev–Trinajstić information content (AvgIpc) is 2.81. The van der Waals surface area contributed by atoms with Crippen LogP contribution in [0, 0.1) is 0 Å². The number of nitrogens with zero attached hydrogens (tertiary/aromatic N) is 5. The molecule has 174 valence electrons. The Labute approximate surface area is 199 Å². The smallest absolute Gasteiger partial charge is 0.357 e. The quantitative estimate of drug-likeness (QED) is 0.201. The fourth-order valence-corrected chi connectivity index (χ4v) is 3.41. The number of benzene rings is 2. The lowest BCUT2D eigenvalue weighted by Crippen LogP contribution is -2.21. The first-order chi connectivity index (χ1) is 15.9. The van der Waals surface area contributed by atoms with Crippen molar-refractivity contribution in [3.63, 3.8) is 0 Å². The van der Waals surface area contributed by atoms with E-state index in [1.54, 1.807) is 0 Å². The summed E-state index contributed by atoms with van der Waals surface area (Å²) in [5.74, 6) is -0.936. The van der Waals surface area contributed by atoms with Gasteiger partial charge < -0.3 is 10.8 Å². The second-order valence-electron chi connectivity index (χ2n) is 7.40. The molecule has 1 unspecified atom stereocenters. The van der Waals surface area contributed by atoms with Crippen molar-refractivity contribution in [1.29, 1.82) is 0 Å². The largest absolute Gasteiger partial charge is 0.476 e. The van der Waals surface area contributed by atoms with E-state index in [1.165, 1.54) is 7.05 Å². The molecule has 0 bridgehead atoms. The third kappa shape index (κ3) is 7.91. The van der Waals surface area contributed by atoms with E-state index >= 15 is 0 Å². The minimum absolute atomic E-state index is 0.0591. The Bertz CT molecular complexity index is 1060. The summed E-state index contributed by atoms with van der Waals surface area (Å²) in [4.78, 5) is 20.1. The Kier molecular flexibility index (Phi) is 10.4. The Morgan fingerprint density at radius 2 is 1.85 bits per heavy atom. The van der Waals surface area contributed by atoms with Gasteiger partial charge in [-0.3, -0.25) is 9.98 Å². The summed E-state index contributed by atoms with van der Waals surface area (Å²) in [6, 6.07) is 15.1. The van der Waals surface area contributed by atoms with E-state index in [0.717, 1.165) is 41.5 Å². The molecule has 3 N–H and O–H groups in total. The predicted octanol–water partition coefficient (Wildman–Crippen LogP) is 5.30. The number of aliphatic imine (C=N–C) groups is 2. The van der Waals surface area contributed by atoms with Crippen LogP contribution in [-0.2, 0) is 11.3 Å². The molecular formula is C24H29ClN6O2. The van der Waals surface area contributed by atoms with E-state index in [-0.39, 0.29) is 29.3 Å². The number of unbranched alkanes of at least 4 members (excludes halogenated alkanes) is 1. The number of amidine groups is 1. The molecule has 2 aromatic carbocycles. The standard InChI is InChI=1S/C24H29ClN6O2/c1-4-5-8-16(2)29-22(25)21(24(32)33)28-15-17-11-13-18(14-12-17)19-9-6-7-10-20(19)23(26)30-31-27-3/h6-7,9-14,16H,4-5,8,15H2,1-3H3,(H,32,33)(H2,26,27,30). The molecule has 0 spiro atoms. The summed E-state index contributed by atoms with van der Waals surface area (Å²) in [5.41, 5.74) is 9.20. The summed E-state index contributed by atoms with van der Waals surface area (Å²) in [7, 11) is 1.52. The molecule has 2 rings (SSSR count). The van der Waals surface area contributed by atoms with Crippen molar-refractivity contribution in [2.45, 2.75) is 45.7 Å². The van der Waals surface area contributed by atoms with Crippen LogP contribution in [0.1, 0.15) is 44.2 Å². The summed E-state index contributed by atoms with van der Waals surface area (Å²) in [6.07, 6.45) is 2.89. The van der Waals surface area contributed by atoms with Crippen LogP contribution in [0.2, 0.25) is 0 Å². The number of carbonyl (C=O) groups is 1. The fraction of sp³-hybridized carbons (Fsp3) is 0.333. The molecule has 9 heteroatoms. The van der Waals surface area contributed by atoms with Crippen LogP contribution in [-0.4, -0.2) is 40.9 Å². The molecule has 2 aromatic rings. The number of halogens is 1. The molecule has 0 radical (unpaired) electrons. The molecule has 0 fully saturated rings. The zero-order valence-electron chi connectivity index (χ0n) is 19.1. The molecule has 0 saturated heterocycles. The Morgan fingerprint density at radius 1 is 1.15 bits per heavy atom. The van der Waals surface area contributed by atoms with E-state index in [9.17, 15) is 9.90 Å². The summed E-state index contributed by atoms with van der Waals surface area (Å²) < 4.78 is 0. The lowest BCUT2D eigenvalue weighted by molar-refractivity contribution is -0.129. The molecule has 0 heterocycles. The molecule has 0 aliphatic carbocycles. The Morgan fingerprint density at radius 3 is 2.48 bits per heavy atom. The maximum atomic E-state index is 11.6. The lowest BCUT2D eigenvalue weighted by atomic mass is 9.98. The highest BCUT2D eigenvalue weighted by molar-refractivity contribution is 6.91. The molecule has 0 saturated carbocycles. The van der Waals surface area contributed by atoms with Crippen LogP contribution in [0.15, 0.2) is 74.0 Å². The van der Waals surface area contributed by atoms with Crippen LogP contribution in [0.3, 0.4) is 0 Å². The highest BCUT2D eigenvalue weighted by atomic mass is 35.5. The first-order valence-electron chi connectivity index (χ1n) is 10.7. The molecule has 0 aliphatic heterocycles.